The number of benzene rings is 1. The number of aliphatic hydroxyl groups excluding tert-OH is 1. The van der Waals surface area contributed by atoms with E-state index in [1.54, 1.807) is 12.1 Å². The van der Waals surface area contributed by atoms with Crippen LogP contribution in [-0.4, -0.2) is 17.6 Å². The van der Waals surface area contributed by atoms with Crippen molar-refractivity contribution in [2.75, 3.05) is 11.9 Å². The first-order valence-electron chi connectivity index (χ1n) is 7.48. The van der Waals surface area contributed by atoms with Crippen LogP contribution in [0.25, 0.3) is 0 Å². The van der Waals surface area contributed by atoms with Crippen LogP contribution in [0.5, 0.6) is 0 Å². The molecule has 0 aliphatic rings. The molecule has 0 aliphatic heterocycles. The number of nitrogens with one attached hydrogen (secondary N) is 1. The van der Waals surface area contributed by atoms with E-state index in [0.29, 0.717) is 11.7 Å². The van der Waals surface area contributed by atoms with Gasteiger partial charge in [0.2, 0.25) is 0 Å². The maximum Gasteiger partial charge on any atom is 0.193 e. The fourth-order valence-corrected chi connectivity index (χ4v) is 2.07. The van der Waals surface area contributed by atoms with Crippen LogP contribution in [0.1, 0.15) is 43.6 Å². The fraction of sp³-hybridized carbons (Fsp3) is 0.353. The SMILES string of the molecule is CCC(C)c1ccc(NC(N)=NCC(O)c2ccco2)cc1. The van der Waals surface area contributed by atoms with Gasteiger partial charge in [-0.1, -0.05) is 26.0 Å². The number of furan rings is 1. The van der Waals surface area contributed by atoms with Crippen molar-refractivity contribution in [2.45, 2.75) is 32.3 Å². The van der Waals surface area contributed by atoms with E-state index in [1.807, 2.05) is 12.1 Å². The third-order valence-corrected chi connectivity index (χ3v) is 3.67. The molecule has 22 heavy (non-hydrogen) atoms. The first-order chi connectivity index (χ1) is 10.6. The van der Waals surface area contributed by atoms with Gasteiger partial charge in [-0.05, 0) is 42.2 Å². The average molecular weight is 301 g/mol. The molecule has 0 spiro atoms. The highest BCUT2D eigenvalue weighted by Gasteiger charge is 2.09. The van der Waals surface area contributed by atoms with Gasteiger partial charge >= 0.3 is 0 Å². The lowest BCUT2D eigenvalue weighted by atomic mass is 9.99. The predicted octanol–water partition coefficient (Wildman–Crippen LogP) is 3.25. The molecule has 0 saturated carbocycles. The summed E-state index contributed by atoms with van der Waals surface area (Å²) in [6, 6.07) is 11.6. The second-order valence-corrected chi connectivity index (χ2v) is 5.31. The number of aliphatic imine (C=N–C) groups is 1. The van der Waals surface area contributed by atoms with Gasteiger partial charge in [0.25, 0.3) is 0 Å². The molecule has 5 heteroatoms. The summed E-state index contributed by atoms with van der Waals surface area (Å²) in [5.41, 5.74) is 8.01. The van der Waals surface area contributed by atoms with E-state index in [4.69, 9.17) is 10.2 Å². The van der Waals surface area contributed by atoms with Crippen molar-refractivity contribution in [3.63, 3.8) is 0 Å². The molecule has 1 aromatic heterocycles. The zero-order chi connectivity index (χ0) is 15.9. The number of nitrogens with zero attached hydrogens (tertiary/aromatic N) is 1. The maximum atomic E-state index is 9.86. The van der Waals surface area contributed by atoms with Gasteiger partial charge in [0.1, 0.15) is 11.9 Å². The topological polar surface area (TPSA) is 83.8 Å². The van der Waals surface area contributed by atoms with Gasteiger partial charge in [0.05, 0.1) is 12.8 Å². The van der Waals surface area contributed by atoms with Gasteiger partial charge in [-0.25, -0.2) is 4.99 Å². The molecule has 0 fully saturated rings. The Morgan fingerprint density at radius 1 is 1.32 bits per heavy atom. The van der Waals surface area contributed by atoms with E-state index < -0.39 is 6.10 Å². The molecular weight excluding hydrogens is 278 g/mol. The summed E-state index contributed by atoms with van der Waals surface area (Å²) in [7, 11) is 0. The zero-order valence-corrected chi connectivity index (χ0v) is 13.0. The number of anilines is 1. The number of aliphatic hydroxyl groups is 1. The van der Waals surface area contributed by atoms with Crippen molar-refractivity contribution in [1.82, 2.24) is 0 Å². The van der Waals surface area contributed by atoms with E-state index in [-0.39, 0.29) is 12.5 Å². The van der Waals surface area contributed by atoms with Crippen LogP contribution < -0.4 is 11.1 Å². The van der Waals surface area contributed by atoms with Crippen LogP contribution in [0.4, 0.5) is 5.69 Å². The number of hydrogen-bond donors (Lipinski definition) is 3. The minimum atomic E-state index is -0.789. The van der Waals surface area contributed by atoms with Crippen LogP contribution in [0.15, 0.2) is 52.1 Å². The Kier molecular flexibility index (Phi) is 5.61. The number of rotatable bonds is 6. The predicted molar refractivity (Wildman–Crippen MR) is 88.9 cm³/mol. The van der Waals surface area contributed by atoms with Crippen molar-refractivity contribution in [2.24, 2.45) is 10.7 Å². The molecule has 0 bridgehead atoms. The Morgan fingerprint density at radius 2 is 2.05 bits per heavy atom. The van der Waals surface area contributed by atoms with Crippen LogP contribution >= 0.6 is 0 Å². The van der Waals surface area contributed by atoms with Gasteiger partial charge in [-0.3, -0.25) is 0 Å². The Bertz CT molecular complexity index is 591. The Balaban J connectivity index is 1.90. The Morgan fingerprint density at radius 3 is 2.64 bits per heavy atom. The summed E-state index contributed by atoms with van der Waals surface area (Å²) < 4.78 is 5.11. The molecule has 0 aliphatic carbocycles. The highest BCUT2D eigenvalue weighted by molar-refractivity contribution is 5.92. The average Bonchev–Trinajstić information content (AvgIpc) is 3.07. The minimum absolute atomic E-state index is 0.150. The van der Waals surface area contributed by atoms with Crippen LogP contribution in [0.2, 0.25) is 0 Å². The highest BCUT2D eigenvalue weighted by atomic mass is 16.4. The molecule has 0 amide bonds. The summed E-state index contributed by atoms with van der Waals surface area (Å²) in [6.07, 6.45) is 1.84. The van der Waals surface area contributed by atoms with E-state index in [2.05, 4.69) is 36.3 Å². The van der Waals surface area contributed by atoms with Gasteiger partial charge in [-0.15, -0.1) is 0 Å². The Labute approximate surface area is 130 Å². The molecule has 2 rings (SSSR count). The highest BCUT2D eigenvalue weighted by Crippen LogP contribution is 2.20. The van der Waals surface area contributed by atoms with E-state index in [9.17, 15) is 5.11 Å². The molecule has 2 atom stereocenters. The molecular formula is C17H23N3O2. The van der Waals surface area contributed by atoms with Crippen LogP contribution in [0.3, 0.4) is 0 Å². The summed E-state index contributed by atoms with van der Waals surface area (Å²) in [4.78, 5) is 4.12. The Hall–Kier alpha value is -2.27. The fourth-order valence-electron chi connectivity index (χ4n) is 2.07. The molecule has 118 valence electrons. The standard InChI is InChI=1S/C17H23N3O2/c1-3-12(2)13-6-8-14(9-7-13)20-17(18)19-11-15(21)16-5-4-10-22-16/h4-10,12,15,21H,3,11H2,1-2H3,(H3,18,19,20). The van der Waals surface area contributed by atoms with Crippen molar-refractivity contribution in [3.05, 3.63) is 54.0 Å². The van der Waals surface area contributed by atoms with Crippen molar-refractivity contribution >= 4 is 11.6 Å². The first kappa shape index (κ1) is 16.1. The third kappa shape index (κ3) is 4.36. The van der Waals surface area contributed by atoms with Crippen molar-refractivity contribution in [3.8, 4) is 0 Å². The molecule has 1 heterocycles. The number of hydrogen-bond acceptors (Lipinski definition) is 3. The molecule has 5 nitrogen and oxygen atoms in total. The molecule has 2 aromatic rings. The smallest absolute Gasteiger partial charge is 0.193 e. The number of guanidine groups is 1. The molecule has 4 N–H and O–H groups in total. The third-order valence-electron chi connectivity index (χ3n) is 3.67. The molecule has 0 radical (unpaired) electrons. The van der Waals surface area contributed by atoms with Crippen molar-refractivity contribution < 1.29 is 9.52 Å². The maximum absolute atomic E-state index is 9.86. The second kappa shape index (κ2) is 7.66. The molecule has 0 saturated heterocycles. The molecule has 1 aromatic carbocycles. The first-order valence-corrected chi connectivity index (χ1v) is 7.48. The van der Waals surface area contributed by atoms with Crippen LogP contribution in [-0.2, 0) is 0 Å². The van der Waals surface area contributed by atoms with Gasteiger partial charge in [-0.2, -0.15) is 0 Å². The number of nitrogens with two attached hydrogens (primary N) is 1. The van der Waals surface area contributed by atoms with Gasteiger partial charge < -0.3 is 20.6 Å². The minimum Gasteiger partial charge on any atom is -0.467 e. The summed E-state index contributed by atoms with van der Waals surface area (Å²) in [5, 5.41) is 12.9. The van der Waals surface area contributed by atoms with Gasteiger partial charge in [0.15, 0.2) is 5.96 Å². The lowest BCUT2D eigenvalue weighted by molar-refractivity contribution is 0.158. The molecule has 2 unspecified atom stereocenters. The van der Waals surface area contributed by atoms with E-state index in [0.717, 1.165) is 12.1 Å². The monoisotopic (exact) mass is 301 g/mol. The summed E-state index contributed by atoms with van der Waals surface area (Å²) >= 11 is 0. The zero-order valence-electron chi connectivity index (χ0n) is 13.0. The van der Waals surface area contributed by atoms with E-state index >= 15 is 0 Å². The quantitative estimate of drug-likeness (QED) is 0.565. The summed E-state index contributed by atoms with van der Waals surface area (Å²) in [6.45, 7) is 4.53. The van der Waals surface area contributed by atoms with E-state index in [1.165, 1.54) is 11.8 Å². The lowest BCUT2D eigenvalue weighted by Gasteiger charge is -2.11. The lowest BCUT2D eigenvalue weighted by Crippen LogP contribution is -2.23. The summed E-state index contributed by atoms with van der Waals surface area (Å²) in [5.74, 6) is 1.29. The van der Waals surface area contributed by atoms with Crippen molar-refractivity contribution in [1.29, 1.82) is 0 Å². The largest absolute Gasteiger partial charge is 0.467 e. The van der Waals surface area contributed by atoms with Gasteiger partial charge in [0, 0.05) is 5.69 Å². The normalized spacial score (nSPS) is 14.6. The second-order valence-electron chi connectivity index (χ2n) is 5.31. The van der Waals surface area contributed by atoms with Crippen LogP contribution in [0, 0.1) is 0 Å².